The Kier molecular flexibility index (Phi) is 7.71. The molecule has 0 heterocycles. The van der Waals surface area contributed by atoms with Crippen LogP contribution in [-0.4, -0.2) is 17.9 Å². The summed E-state index contributed by atoms with van der Waals surface area (Å²) in [5.41, 5.74) is 0.296. The molecule has 3 aromatic rings. The largest absolute Gasteiger partial charge is 0.489 e. The first-order chi connectivity index (χ1) is 15.7. The van der Waals surface area contributed by atoms with Crippen LogP contribution in [0.2, 0.25) is 0 Å². The summed E-state index contributed by atoms with van der Waals surface area (Å²) in [6.45, 7) is 3.52. The summed E-state index contributed by atoms with van der Waals surface area (Å²) >= 11 is 0. The molecular weight excluding hydrogens is 433 g/mol. The molecule has 3 rings (SSSR count). The molecule has 0 spiro atoms. The topological polar surface area (TPSA) is 67.4 Å². The lowest BCUT2D eigenvalue weighted by Crippen LogP contribution is -2.47. The second-order valence-electron chi connectivity index (χ2n) is 7.73. The summed E-state index contributed by atoms with van der Waals surface area (Å²) in [6, 6.07) is 14.6. The van der Waals surface area contributed by atoms with Crippen LogP contribution in [0.4, 0.5) is 18.9 Å². The number of halogens is 3. The highest BCUT2D eigenvalue weighted by molar-refractivity contribution is 6.01. The molecule has 5 nitrogen and oxygen atoms in total. The van der Waals surface area contributed by atoms with Crippen molar-refractivity contribution in [3.05, 3.63) is 95.3 Å². The molecule has 0 saturated heterocycles. The Balaban J connectivity index is 1.67. The Bertz CT molecular complexity index is 1130. The fourth-order valence-electron chi connectivity index (χ4n) is 3.14. The van der Waals surface area contributed by atoms with Crippen molar-refractivity contribution in [3.63, 3.8) is 0 Å². The zero-order chi connectivity index (χ0) is 24.0. The van der Waals surface area contributed by atoms with E-state index in [4.69, 9.17) is 4.74 Å². The van der Waals surface area contributed by atoms with E-state index in [0.29, 0.717) is 17.0 Å². The zero-order valence-corrected chi connectivity index (χ0v) is 18.1. The number of ether oxygens (including phenoxy) is 1. The van der Waals surface area contributed by atoms with Crippen molar-refractivity contribution in [2.24, 2.45) is 5.92 Å². The number of nitrogens with one attached hydrogen (secondary N) is 2. The summed E-state index contributed by atoms with van der Waals surface area (Å²) in [5, 5.41) is 5.08. The van der Waals surface area contributed by atoms with Crippen LogP contribution in [0.5, 0.6) is 5.75 Å². The minimum absolute atomic E-state index is 0.133. The first kappa shape index (κ1) is 23.8. The van der Waals surface area contributed by atoms with Crippen molar-refractivity contribution < 1.29 is 27.5 Å². The van der Waals surface area contributed by atoms with E-state index in [1.54, 1.807) is 50.2 Å². The summed E-state index contributed by atoms with van der Waals surface area (Å²) < 4.78 is 46.8. The maximum absolute atomic E-state index is 13.9. The lowest BCUT2D eigenvalue weighted by atomic mass is 10.0. The molecule has 0 aliphatic carbocycles. The molecule has 33 heavy (non-hydrogen) atoms. The molecule has 0 saturated carbocycles. The second-order valence-corrected chi connectivity index (χ2v) is 7.73. The molecule has 0 fully saturated rings. The van der Waals surface area contributed by atoms with Gasteiger partial charge >= 0.3 is 0 Å². The maximum atomic E-state index is 13.9. The number of amides is 2. The number of rotatable bonds is 8. The van der Waals surface area contributed by atoms with Gasteiger partial charge in [-0.3, -0.25) is 9.59 Å². The Morgan fingerprint density at radius 2 is 1.58 bits per heavy atom. The van der Waals surface area contributed by atoms with Crippen LogP contribution >= 0.6 is 0 Å². The minimum Gasteiger partial charge on any atom is -0.489 e. The first-order valence-electron chi connectivity index (χ1n) is 10.3. The number of hydrogen-bond acceptors (Lipinski definition) is 3. The Labute approximate surface area is 189 Å². The third-order valence-electron chi connectivity index (χ3n) is 4.82. The van der Waals surface area contributed by atoms with Crippen LogP contribution in [0.3, 0.4) is 0 Å². The first-order valence-corrected chi connectivity index (χ1v) is 10.3. The molecule has 0 aliphatic rings. The lowest BCUT2D eigenvalue weighted by Gasteiger charge is -2.22. The summed E-state index contributed by atoms with van der Waals surface area (Å²) in [5.74, 6) is -3.90. The smallest absolute Gasteiger partial charge is 0.257 e. The van der Waals surface area contributed by atoms with Crippen LogP contribution < -0.4 is 15.4 Å². The fourth-order valence-corrected chi connectivity index (χ4v) is 3.14. The van der Waals surface area contributed by atoms with Gasteiger partial charge in [0.1, 0.15) is 41.4 Å². The molecule has 3 aromatic carbocycles. The van der Waals surface area contributed by atoms with Crippen LogP contribution in [0.25, 0.3) is 0 Å². The van der Waals surface area contributed by atoms with E-state index in [-0.39, 0.29) is 18.3 Å². The van der Waals surface area contributed by atoms with Gasteiger partial charge in [-0.15, -0.1) is 0 Å². The summed E-state index contributed by atoms with van der Waals surface area (Å²) in [6.07, 6.45) is 0. The van der Waals surface area contributed by atoms with Gasteiger partial charge in [0.05, 0.1) is 0 Å². The SMILES string of the molecule is CC(C)[C@H](NC(=O)c1c(F)cccc1F)C(=O)Nc1cccc(OCc2cccc(F)c2)c1. The standard InChI is InChI=1S/C25H23F3N2O3/c1-15(2)23(30-24(31)22-20(27)10-5-11-21(22)28)25(32)29-18-8-4-9-19(13-18)33-14-16-6-3-7-17(26)12-16/h3-13,15,23H,14H2,1-2H3,(H,29,32)(H,30,31)/t23-/m0/s1. The average molecular weight is 456 g/mol. The molecule has 8 heteroatoms. The second kappa shape index (κ2) is 10.7. The number of hydrogen-bond donors (Lipinski definition) is 2. The lowest BCUT2D eigenvalue weighted by molar-refractivity contribution is -0.118. The van der Waals surface area contributed by atoms with E-state index in [2.05, 4.69) is 10.6 Å². The Morgan fingerprint density at radius 3 is 2.24 bits per heavy atom. The van der Waals surface area contributed by atoms with Gasteiger partial charge in [0.15, 0.2) is 0 Å². The highest BCUT2D eigenvalue weighted by Gasteiger charge is 2.27. The van der Waals surface area contributed by atoms with E-state index in [1.165, 1.54) is 12.1 Å². The van der Waals surface area contributed by atoms with Crippen LogP contribution in [0, 0.1) is 23.4 Å². The Morgan fingerprint density at radius 1 is 0.909 bits per heavy atom. The van der Waals surface area contributed by atoms with Crippen molar-refractivity contribution in [3.8, 4) is 5.75 Å². The van der Waals surface area contributed by atoms with E-state index in [1.807, 2.05) is 0 Å². The predicted molar refractivity (Wildman–Crippen MR) is 118 cm³/mol. The quantitative estimate of drug-likeness (QED) is 0.497. The van der Waals surface area contributed by atoms with Crippen molar-refractivity contribution in [2.75, 3.05) is 5.32 Å². The van der Waals surface area contributed by atoms with Gasteiger partial charge < -0.3 is 15.4 Å². The fraction of sp³-hybridized carbons (Fsp3) is 0.200. The van der Waals surface area contributed by atoms with Gasteiger partial charge in [-0.1, -0.05) is 38.1 Å². The predicted octanol–water partition coefficient (Wildman–Crippen LogP) is 5.08. The van der Waals surface area contributed by atoms with Crippen molar-refractivity contribution in [1.82, 2.24) is 5.32 Å². The number of carbonyl (C=O) groups is 2. The molecule has 0 bridgehead atoms. The Hall–Kier alpha value is -3.81. The third kappa shape index (κ3) is 6.35. The van der Waals surface area contributed by atoms with Gasteiger partial charge in [-0.05, 0) is 47.9 Å². The molecule has 0 aromatic heterocycles. The minimum atomic E-state index is -1.05. The summed E-state index contributed by atoms with van der Waals surface area (Å²) in [4.78, 5) is 25.3. The van der Waals surface area contributed by atoms with E-state index < -0.39 is 35.1 Å². The highest BCUT2D eigenvalue weighted by Crippen LogP contribution is 2.20. The molecule has 0 unspecified atom stereocenters. The van der Waals surface area contributed by atoms with Crippen molar-refractivity contribution in [1.29, 1.82) is 0 Å². The van der Waals surface area contributed by atoms with Crippen LogP contribution in [0.1, 0.15) is 29.8 Å². The normalized spacial score (nSPS) is 11.7. The zero-order valence-electron chi connectivity index (χ0n) is 18.1. The van der Waals surface area contributed by atoms with Gasteiger partial charge in [-0.25, -0.2) is 13.2 Å². The number of carbonyl (C=O) groups excluding carboxylic acids is 2. The van der Waals surface area contributed by atoms with Gasteiger partial charge in [0, 0.05) is 11.8 Å². The van der Waals surface area contributed by atoms with Crippen molar-refractivity contribution >= 4 is 17.5 Å². The van der Waals surface area contributed by atoms with Crippen LogP contribution in [-0.2, 0) is 11.4 Å². The van der Waals surface area contributed by atoms with E-state index in [0.717, 1.165) is 18.2 Å². The molecule has 172 valence electrons. The van der Waals surface area contributed by atoms with Gasteiger partial charge in [0.2, 0.25) is 5.91 Å². The van der Waals surface area contributed by atoms with E-state index >= 15 is 0 Å². The molecule has 2 N–H and O–H groups in total. The van der Waals surface area contributed by atoms with Gasteiger partial charge in [-0.2, -0.15) is 0 Å². The molecule has 1 atom stereocenters. The molecule has 2 amide bonds. The average Bonchev–Trinajstić information content (AvgIpc) is 2.76. The van der Waals surface area contributed by atoms with Gasteiger partial charge in [0.25, 0.3) is 5.91 Å². The third-order valence-corrected chi connectivity index (χ3v) is 4.82. The van der Waals surface area contributed by atoms with Crippen LogP contribution in [0.15, 0.2) is 66.7 Å². The number of anilines is 1. The maximum Gasteiger partial charge on any atom is 0.257 e. The molecule has 0 aliphatic heterocycles. The summed E-state index contributed by atoms with van der Waals surface area (Å²) in [7, 11) is 0. The highest BCUT2D eigenvalue weighted by atomic mass is 19.1. The van der Waals surface area contributed by atoms with E-state index in [9.17, 15) is 22.8 Å². The molecular formula is C25H23F3N2O3. The monoisotopic (exact) mass is 456 g/mol. The number of benzene rings is 3. The molecule has 0 radical (unpaired) electrons. The van der Waals surface area contributed by atoms with Crippen molar-refractivity contribution in [2.45, 2.75) is 26.5 Å².